The Bertz CT molecular complexity index is 915. The lowest BCUT2D eigenvalue weighted by Gasteiger charge is -2.35. The summed E-state index contributed by atoms with van der Waals surface area (Å²) in [5.74, 6) is -1.43. The number of hydrogen-bond acceptors (Lipinski definition) is 6. The predicted octanol–water partition coefficient (Wildman–Crippen LogP) is 4.02. The maximum absolute atomic E-state index is 13.3. The van der Waals surface area contributed by atoms with Crippen molar-refractivity contribution in [1.82, 2.24) is 10.3 Å². The summed E-state index contributed by atoms with van der Waals surface area (Å²) in [7, 11) is 0. The molecule has 1 aliphatic rings. The maximum atomic E-state index is 13.3. The van der Waals surface area contributed by atoms with Gasteiger partial charge in [0.2, 0.25) is 5.91 Å². The zero-order valence-electron chi connectivity index (χ0n) is 21.3. The van der Waals surface area contributed by atoms with Gasteiger partial charge in [-0.2, -0.15) is 0 Å². The van der Waals surface area contributed by atoms with E-state index in [4.69, 9.17) is 16.3 Å². The lowest BCUT2D eigenvalue weighted by Crippen LogP contribution is -2.48. The Balaban J connectivity index is 2.36. The largest absolute Gasteiger partial charge is 0.392 e. The second kappa shape index (κ2) is 13.3. The molecule has 2 rings (SSSR count). The Hall–Kier alpha value is -2.06. The average molecular weight is 507 g/mol. The Labute approximate surface area is 213 Å². The van der Waals surface area contributed by atoms with Crippen LogP contribution in [0.4, 0.5) is 0 Å². The van der Waals surface area contributed by atoms with Gasteiger partial charge in [-0.25, -0.2) is 0 Å². The highest BCUT2D eigenvalue weighted by Crippen LogP contribution is 2.32. The minimum atomic E-state index is -1.24. The van der Waals surface area contributed by atoms with Gasteiger partial charge in [0.25, 0.3) is 0 Å². The highest BCUT2D eigenvalue weighted by molar-refractivity contribution is 6.32. The van der Waals surface area contributed by atoms with Crippen LogP contribution in [-0.2, 0) is 14.3 Å². The second-order valence-electron chi connectivity index (χ2n) is 9.83. The Morgan fingerprint density at radius 2 is 2.03 bits per heavy atom. The average Bonchev–Trinajstić information content (AvgIpc) is 2.81. The van der Waals surface area contributed by atoms with E-state index < -0.39 is 41.6 Å². The molecule has 0 aromatic carbocycles. The van der Waals surface area contributed by atoms with E-state index in [1.165, 1.54) is 0 Å². The van der Waals surface area contributed by atoms with E-state index in [1.54, 1.807) is 39.1 Å². The number of carbonyl (C=O) groups excluding carboxylic acids is 2. The molecule has 8 heteroatoms. The molecular weight excluding hydrogens is 468 g/mol. The molecule has 194 valence electrons. The topological polar surface area (TPSA) is 109 Å². The number of Topliss-reactive ketones (excluding diaryl/α,β-unsaturated/α-hetero) is 1. The quantitative estimate of drug-likeness (QED) is 0.534. The van der Waals surface area contributed by atoms with Crippen LogP contribution in [0.25, 0.3) is 6.08 Å². The molecule has 1 aliphatic heterocycles. The summed E-state index contributed by atoms with van der Waals surface area (Å²) in [4.78, 5) is 30.5. The van der Waals surface area contributed by atoms with Gasteiger partial charge in [-0.05, 0) is 51.3 Å². The number of carbonyl (C=O) groups is 2. The molecule has 2 heterocycles. The molecule has 7 nitrogen and oxygen atoms in total. The van der Waals surface area contributed by atoms with Crippen molar-refractivity contribution in [2.75, 3.05) is 6.61 Å². The normalized spacial score (nSPS) is 31.4. The molecule has 0 saturated heterocycles. The van der Waals surface area contributed by atoms with Gasteiger partial charge in [0.05, 0.1) is 48.5 Å². The van der Waals surface area contributed by atoms with Crippen LogP contribution in [0.5, 0.6) is 0 Å². The van der Waals surface area contributed by atoms with Crippen molar-refractivity contribution in [2.24, 2.45) is 11.3 Å². The van der Waals surface area contributed by atoms with Crippen LogP contribution in [0.1, 0.15) is 66.0 Å². The highest BCUT2D eigenvalue weighted by atomic mass is 35.5. The van der Waals surface area contributed by atoms with Gasteiger partial charge in [-0.3, -0.25) is 14.6 Å². The van der Waals surface area contributed by atoms with E-state index in [-0.39, 0.29) is 12.2 Å². The molecule has 3 N–H and O–H groups in total. The fraction of sp³-hybridized carbons (Fsp3) is 0.593. The maximum Gasteiger partial charge on any atom is 0.223 e. The third-order valence-corrected chi connectivity index (χ3v) is 7.11. The van der Waals surface area contributed by atoms with Crippen LogP contribution in [0.15, 0.2) is 41.1 Å². The molecule has 0 aliphatic carbocycles. The predicted molar refractivity (Wildman–Crippen MR) is 138 cm³/mol. The van der Waals surface area contributed by atoms with Crippen molar-refractivity contribution in [2.45, 2.75) is 84.7 Å². The number of ketones is 1. The van der Waals surface area contributed by atoms with E-state index in [1.807, 2.05) is 32.1 Å². The molecule has 1 aromatic rings. The van der Waals surface area contributed by atoms with Crippen molar-refractivity contribution < 1.29 is 24.5 Å². The fourth-order valence-corrected chi connectivity index (χ4v) is 4.36. The van der Waals surface area contributed by atoms with Crippen LogP contribution in [0.3, 0.4) is 0 Å². The molecule has 1 aromatic heterocycles. The summed E-state index contributed by atoms with van der Waals surface area (Å²) in [6, 6.07) is 4.95. The summed E-state index contributed by atoms with van der Waals surface area (Å²) in [5, 5.41) is 25.0. The van der Waals surface area contributed by atoms with Crippen molar-refractivity contribution in [1.29, 1.82) is 0 Å². The van der Waals surface area contributed by atoms with Gasteiger partial charge in [-0.15, -0.1) is 0 Å². The zero-order valence-corrected chi connectivity index (χ0v) is 22.1. The Kier molecular flexibility index (Phi) is 11.1. The zero-order chi connectivity index (χ0) is 26.2. The summed E-state index contributed by atoms with van der Waals surface area (Å²) >= 11 is 6.60. The minimum Gasteiger partial charge on any atom is -0.392 e. The van der Waals surface area contributed by atoms with E-state index in [2.05, 4.69) is 10.3 Å². The first-order chi connectivity index (χ1) is 16.5. The third-order valence-electron chi connectivity index (χ3n) is 6.74. The molecule has 0 radical (unpaired) electrons. The van der Waals surface area contributed by atoms with Gasteiger partial charge < -0.3 is 20.3 Å². The van der Waals surface area contributed by atoms with E-state index in [9.17, 15) is 19.8 Å². The number of hydrogen-bond donors (Lipinski definition) is 3. The summed E-state index contributed by atoms with van der Waals surface area (Å²) in [6.07, 6.45) is 3.75. The number of aliphatic hydroxyl groups is 2. The van der Waals surface area contributed by atoms with Crippen molar-refractivity contribution >= 4 is 29.4 Å². The van der Waals surface area contributed by atoms with E-state index in [0.29, 0.717) is 36.6 Å². The number of nitrogens with one attached hydrogen (secondary N) is 1. The van der Waals surface area contributed by atoms with Gasteiger partial charge in [0.1, 0.15) is 5.78 Å². The molecular formula is C27H39ClN2O5. The highest BCUT2D eigenvalue weighted by Gasteiger charge is 2.43. The van der Waals surface area contributed by atoms with Gasteiger partial charge in [-0.1, -0.05) is 50.1 Å². The standard InChI is InChI=1S/C27H39ClN2O5/c1-6-20-25(33)18(3)35-14-12-17(2)10-11-22(21(28)15-19-9-7-8-13-29-19)30-24(32)16-23(31)27(4,5)26(20)34/h7-10,13,15,18,20,22-23,25,31,33H,6,11-12,14,16H2,1-5H3,(H,30,32)/b17-10-,21-15-/t18-,20-,22+,23+,25-/m1/s1. The first kappa shape index (κ1) is 29.2. The molecule has 1 amide bonds. The summed E-state index contributed by atoms with van der Waals surface area (Å²) in [6.45, 7) is 9.13. The summed E-state index contributed by atoms with van der Waals surface area (Å²) in [5.41, 5.74) is 0.470. The smallest absolute Gasteiger partial charge is 0.223 e. The molecule has 0 fully saturated rings. The molecule has 5 atom stereocenters. The fourth-order valence-electron chi connectivity index (χ4n) is 4.10. The first-order valence-electron chi connectivity index (χ1n) is 12.2. The van der Waals surface area contributed by atoms with Gasteiger partial charge >= 0.3 is 0 Å². The van der Waals surface area contributed by atoms with Crippen LogP contribution >= 0.6 is 11.6 Å². The number of aliphatic hydroxyl groups excluding tert-OH is 2. The van der Waals surface area contributed by atoms with Crippen LogP contribution in [0, 0.1) is 11.3 Å². The van der Waals surface area contributed by atoms with Crippen molar-refractivity contribution in [3.8, 4) is 0 Å². The first-order valence-corrected chi connectivity index (χ1v) is 12.6. The lowest BCUT2D eigenvalue weighted by molar-refractivity contribution is -0.147. The van der Waals surface area contributed by atoms with Crippen LogP contribution in [0.2, 0.25) is 0 Å². The second-order valence-corrected chi connectivity index (χ2v) is 10.3. The molecule has 0 unspecified atom stereocenters. The Morgan fingerprint density at radius 3 is 2.66 bits per heavy atom. The third kappa shape index (κ3) is 8.24. The number of aromatic nitrogens is 1. The minimum absolute atomic E-state index is 0.274. The number of nitrogens with zero attached hydrogens (tertiary/aromatic N) is 1. The molecule has 0 spiro atoms. The van der Waals surface area contributed by atoms with E-state index >= 15 is 0 Å². The number of pyridine rings is 1. The monoisotopic (exact) mass is 506 g/mol. The number of rotatable bonds is 3. The van der Waals surface area contributed by atoms with Crippen LogP contribution < -0.4 is 5.32 Å². The van der Waals surface area contributed by atoms with Crippen LogP contribution in [-0.4, -0.2) is 57.8 Å². The SMILES string of the molecule is CC[C@H]1C(=O)C(C)(C)[C@@H](O)CC(=O)N[C@H](/C(Cl)=C/c2ccccn2)C/C=C(/C)CCO[C@H](C)[C@H]1O. The molecule has 35 heavy (non-hydrogen) atoms. The van der Waals surface area contributed by atoms with Gasteiger partial charge in [0, 0.05) is 17.1 Å². The number of ether oxygens (including phenoxy) is 1. The van der Waals surface area contributed by atoms with Crippen molar-refractivity contribution in [3.63, 3.8) is 0 Å². The summed E-state index contributed by atoms with van der Waals surface area (Å²) < 4.78 is 5.85. The Morgan fingerprint density at radius 1 is 1.31 bits per heavy atom. The van der Waals surface area contributed by atoms with Gasteiger partial charge in [0.15, 0.2) is 0 Å². The number of amides is 1. The lowest BCUT2D eigenvalue weighted by atomic mass is 9.72. The molecule has 0 bridgehead atoms. The molecule has 0 saturated carbocycles. The van der Waals surface area contributed by atoms with Crippen molar-refractivity contribution in [3.05, 3.63) is 46.8 Å². The van der Waals surface area contributed by atoms with E-state index in [0.717, 1.165) is 5.57 Å². The number of halogens is 1.